The standard InChI is InChI=1S/C19H27BrClNO3/c1-19(2,3)25-18(23)22-10-8-14(9-11-22)5-4-12-24-15-6-7-16(20)17(21)13-15/h6-7,13-14H,4-5,8-12H2,1-3H3. The molecule has 0 saturated carbocycles. The molecule has 1 aromatic rings. The largest absolute Gasteiger partial charge is 0.494 e. The maximum atomic E-state index is 12.1. The predicted octanol–water partition coefficient (Wildman–Crippen LogP) is 5.91. The third-order valence-corrected chi connectivity index (χ3v) is 5.42. The van der Waals surface area contributed by atoms with Crippen LogP contribution in [-0.2, 0) is 4.74 Å². The number of hydrogen-bond acceptors (Lipinski definition) is 3. The Bertz CT molecular complexity index is 581. The number of benzene rings is 1. The van der Waals surface area contributed by atoms with Gasteiger partial charge in [-0.05, 0) is 86.5 Å². The van der Waals surface area contributed by atoms with Crippen LogP contribution < -0.4 is 4.74 Å². The second-order valence-corrected chi connectivity index (χ2v) is 8.74. The van der Waals surface area contributed by atoms with Crippen molar-refractivity contribution in [3.63, 3.8) is 0 Å². The summed E-state index contributed by atoms with van der Waals surface area (Å²) >= 11 is 9.43. The van der Waals surface area contributed by atoms with Gasteiger partial charge in [-0.25, -0.2) is 4.79 Å². The molecule has 25 heavy (non-hydrogen) atoms. The zero-order chi connectivity index (χ0) is 18.4. The van der Waals surface area contributed by atoms with Crippen molar-refractivity contribution in [1.82, 2.24) is 4.90 Å². The number of nitrogens with zero attached hydrogens (tertiary/aromatic N) is 1. The SMILES string of the molecule is CC(C)(C)OC(=O)N1CCC(CCCOc2ccc(Br)c(Cl)c2)CC1. The lowest BCUT2D eigenvalue weighted by atomic mass is 9.92. The van der Waals surface area contributed by atoms with Gasteiger partial charge in [-0.1, -0.05) is 11.6 Å². The summed E-state index contributed by atoms with van der Waals surface area (Å²) in [7, 11) is 0. The van der Waals surface area contributed by atoms with E-state index in [1.807, 2.05) is 43.9 Å². The van der Waals surface area contributed by atoms with Gasteiger partial charge in [0, 0.05) is 17.6 Å². The molecule has 0 unspecified atom stereocenters. The van der Waals surface area contributed by atoms with Gasteiger partial charge in [0.1, 0.15) is 11.4 Å². The Morgan fingerprint density at radius 1 is 1.32 bits per heavy atom. The minimum Gasteiger partial charge on any atom is -0.494 e. The molecular weight excluding hydrogens is 406 g/mol. The van der Waals surface area contributed by atoms with Crippen LogP contribution in [0.5, 0.6) is 5.75 Å². The summed E-state index contributed by atoms with van der Waals surface area (Å²) in [5.41, 5.74) is -0.429. The van der Waals surface area contributed by atoms with Gasteiger partial charge in [-0.2, -0.15) is 0 Å². The van der Waals surface area contributed by atoms with Gasteiger partial charge in [0.05, 0.1) is 11.6 Å². The Kier molecular flexibility index (Phi) is 7.44. The number of carbonyl (C=O) groups excluding carboxylic acids is 1. The van der Waals surface area contributed by atoms with E-state index in [1.54, 1.807) is 0 Å². The smallest absolute Gasteiger partial charge is 0.410 e. The summed E-state index contributed by atoms with van der Waals surface area (Å²) in [5.74, 6) is 1.45. The molecule has 1 fully saturated rings. The quantitative estimate of drug-likeness (QED) is 0.543. The average Bonchev–Trinajstić information content (AvgIpc) is 2.54. The van der Waals surface area contributed by atoms with E-state index in [0.29, 0.717) is 17.5 Å². The van der Waals surface area contributed by atoms with E-state index in [0.717, 1.165) is 49.0 Å². The van der Waals surface area contributed by atoms with E-state index >= 15 is 0 Å². The number of hydrogen-bond donors (Lipinski definition) is 0. The van der Waals surface area contributed by atoms with Gasteiger partial charge < -0.3 is 14.4 Å². The first-order chi connectivity index (χ1) is 11.7. The van der Waals surface area contributed by atoms with Crippen LogP contribution >= 0.6 is 27.5 Å². The van der Waals surface area contributed by atoms with Crippen molar-refractivity contribution < 1.29 is 14.3 Å². The minimum atomic E-state index is -0.429. The normalized spacial score (nSPS) is 16.0. The molecule has 1 aliphatic rings. The summed E-state index contributed by atoms with van der Waals surface area (Å²) in [6.07, 6.45) is 3.99. The number of rotatable bonds is 5. The van der Waals surface area contributed by atoms with Crippen molar-refractivity contribution in [3.05, 3.63) is 27.7 Å². The maximum absolute atomic E-state index is 12.1. The van der Waals surface area contributed by atoms with E-state index in [-0.39, 0.29) is 6.09 Å². The summed E-state index contributed by atoms with van der Waals surface area (Å²) in [4.78, 5) is 13.9. The van der Waals surface area contributed by atoms with Crippen LogP contribution in [0.2, 0.25) is 5.02 Å². The fourth-order valence-corrected chi connectivity index (χ4v) is 3.28. The topological polar surface area (TPSA) is 38.8 Å². The van der Waals surface area contributed by atoms with E-state index in [1.165, 1.54) is 0 Å². The molecule has 0 N–H and O–H groups in total. The molecule has 1 aliphatic heterocycles. The van der Waals surface area contributed by atoms with Crippen molar-refractivity contribution in [2.75, 3.05) is 19.7 Å². The molecule has 0 radical (unpaired) electrons. The van der Waals surface area contributed by atoms with E-state index in [9.17, 15) is 4.79 Å². The number of piperidine rings is 1. The van der Waals surface area contributed by atoms with Crippen LogP contribution in [0.25, 0.3) is 0 Å². The first kappa shape index (κ1) is 20.4. The molecule has 4 nitrogen and oxygen atoms in total. The molecule has 0 bridgehead atoms. The first-order valence-corrected chi connectivity index (χ1v) is 9.97. The predicted molar refractivity (Wildman–Crippen MR) is 104 cm³/mol. The summed E-state index contributed by atoms with van der Waals surface area (Å²) in [6.45, 7) is 7.94. The van der Waals surface area contributed by atoms with Gasteiger partial charge in [0.15, 0.2) is 0 Å². The van der Waals surface area contributed by atoms with Crippen molar-refractivity contribution in [2.45, 2.75) is 52.1 Å². The molecule has 0 atom stereocenters. The lowest BCUT2D eigenvalue weighted by Gasteiger charge is -2.33. The first-order valence-electron chi connectivity index (χ1n) is 8.80. The highest BCUT2D eigenvalue weighted by atomic mass is 79.9. The average molecular weight is 433 g/mol. The molecule has 1 aromatic carbocycles. The molecule has 140 valence electrons. The number of ether oxygens (including phenoxy) is 2. The van der Waals surface area contributed by atoms with Gasteiger partial charge in [-0.15, -0.1) is 0 Å². The van der Waals surface area contributed by atoms with Gasteiger partial charge in [0.25, 0.3) is 0 Å². The highest BCUT2D eigenvalue weighted by Gasteiger charge is 2.26. The number of amides is 1. The third-order valence-electron chi connectivity index (χ3n) is 4.18. The molecule has 0 aromatic heterocycles. The van der Waals surface area contributed by atoms with Crippen LogP contribution in [0.1, 0.15) is 46.5 Å². The van der Waals surface area contributed by atoms with Crippen LogP contribution in [0.15, 0.2) is 22.7 Å². The van der Waals surface area contributed by atoms with E-state index in [4.69, 9.17) is 21.1 Å². The van der Waals surface area contributed by atoms with Crippen molar-refractivity contribution >= 4 is 33.6 Å². The second kappa shape index (κ2) is 9.13. The summed E-state index contributed by atoms with van der Waals surface area (Å²) in [6, 6.07) is 5.63. The Balaban J connectivity index is 1.64. The Hall–Kier alpha value is -0.940. The van der Waals surface area contributed by atoms with Gasteiger partial charge >= 0.3 is 6.09 Å². The van der Waals surface area contributed by atoms with Crippen molar-refractivity contribution in [2.24, 2.45) is 5.92 Å². The van der Waals surface area contributed by atoms with Crippen LogP contribution in [-0.4, -0.2) is 36.3 Å². The molecule has 0 aliphatic carbocycles. The highest BCUT2D eigenvalue weighted by molar-refractivity contribution is 9.10. The molecular formula is C19H27BrClNO3. The van der Waals surface area contributed by atoms with Gasteiger partial charge in [0.2, 0.25) is 0 Å². The molecule has 1 saturated heterocycles. The zero-order valence-corrected chi connectivity index (χ0v) is 17.5. The van der Waals surface area contributed by atoms with Crippen molar-refractivity contribution in [3.8, 4) is 5.75 Å². The fraction of sp³-hybridized carbons (Fsp3) is 0.632. The van der Waals surface area contributed by atoms with Crippen LogP contribution in [0.4, 0.5) is 4.79 Å². The maximum Gasteiger partial charge on any atom is 0.410 e. The molecule has 1 amide bonds. The van der Waals surface area contributed by atoms with Crippen LogP contribution in [0.3, 0.4) is 0 Å². The van der Waals surface area contributed by atoms with Crippen molar-refractivity contribution in [1.29, 1.82) is 0 Å². The van der Waals surface area contributed by atoms with Gasteiger partial charge in [-0.3, -0.25) is 0 Å². The highest BCUT2D eigenvalue weighted by Crippen LogP contribution is 2.27. The van der Waals surface area contributed by atoms with Crippen LogP contribution in [0, 0.1) is 5.92 Å². The number of carbonyl (C=O) groups is 1. The molecule has 0 spiro atoms. The molecule has 6 heteroatoms. The minimum absolute atomic E-state index is 0.193. The summed E-state index contributed by atoms with van der Waals surface area (Å²) < 4.78 is 12.1. The number of halogens is 2. The lowest BCUT2D eigenvalue weighted by Crippen LogP contribution is -2.41. The number of likely N-dealkylation sites (tertiary alicyclic amines) is 1. The third kappa shape index (κ3) is 7.06. The van der Waals surface area contributed by atoms with E-state index < -0.39 is 5.60 Å². The van der Waals surface area contributed by atoms with E-state index in [2.05, 4.69) is 15.9 Å². The molecule has 2 rings (SSSR count). The summed E-state index contributed by atoms with van der Waals surface area (Å²) in [5, 5.41) is 0.659. The Morgan fingerprint density at radius 3 is 2.60 bits per heavy atom. The zero-order valence-electron chi connectivity index (χ0n) is 15.2. The molecule has 1 heterocycles. The Labute approximate surface area is 163 Å². The fourth-order valence-electron chi connectivity index (χ4n) is 2.86. The second-order valence-electron chi connectivity index (χ2n) is 7.48. The monoisotopic (exact) mass is 431 g/mol. The Morgan fingerprint density at radius 2 is 2.00 bits per heavy atom. The lowest BCUT2D eigenvalue weighted by molar-refractivity contribution is 0.0179.